The van der Waals surface area contributed by atoms with Crippen molar-refractivity contribution in [1.29, 1.82) is 0 Å². The molecule has 78 valence electrons. The first kappa shape index (κ1) is 11.7. The molecule has 1 heterocycles. The zero-order valence-corrected chi connectivity index (χ0v) is 10.3. The maximum absolute atomic E-state index is 4.36. The molecule has 0 amide bonds. The van der Waals surface area contributed by atoms with Gasteiger partial charge in [-0.3, -0.25) is 4.98 Å². The number of pyridine rings is 1. The molecule has 1 unspecified atom stereocenters. The lowest BCUT2D eigenvalue weighted by Gasteiger charge is -2.14. The van der Waals surface area contributed by atoms with Crippen LogP contribution in [0, 0.1) is 0 Å². The number of nitrogens with zero attached hydrogens (tertiary/aromatic N) is 1. The molecule has 1 atom stereocenters. The molecule has 2 nitrogen and oxygen atoms in total. The van der Waals surface area contributed by atoms with Crippen molar-refractivity contribution < 1.29 is 0 Å². The molecule has 0 spiro atoms. The third-order valence-electron chi connectivity index (χ3n) is 2.23. The van der Waals surface area contributed by atoms with Gasteiger partial charge in [0.1, 0.15) is 0 Å². The van der Waals surface area contributed by atoms with E-state index < -0.39 is 0 Å². The van der Waals surface area contributed by atoms with Gasteiger partial charge in [-0.1, -0.05) is 13.8 Å². The molecule has 0 radical (unpaired) electrons. The topological polar surface area (TPSA) is 24.9 Å². The van der Waals surface area contributed by atoms with Crippen molar-refractivity contribution >= 4 is 15.9 Å². The minimum Gasteiger partial charge on any atom is -0.314 e. The van der Waals surface area contributed by atoms with E-state index in [0.717, 1.165) is 29.6 Å². The van der Waals surface area contributed by atoms with Gasteiger partial charge in [0.2, 0.25) is 0 Å². The summed E-state index contributed by atoms with van der Waals surface area (Å²) in [6.07, 6.45) is 4.01. The smallest absolute Gasteiger partial charge is 0.0419 e. The number of aromatic nitrogens is 1. The lowest BCUT2D eigenvalue weighted by Crippen LogP contribution is -2.30. The van der Waals surface area contributed by atoms with Gasteiger partial charge in [-0.05, 0) is 41.0 Å². The van der Waals surface area contributed by atoms with Crippen molar-refractivity contribution in [3.8, 4) is 0 Å². The maximum Gasteiger partial charge on any atom is 0.0419 e. The number of hydrogen-bond donors (Lipinski definition) is 1. The van der Waals surface area contributed by atoms with E-state index in [4.69, 9.17) is 0 Å². The lowest BCUT2D eigenvalue weighted by atomic mass is 10.1. The van der Waals surface area contributed by atoms with Crippen LogP contribution in [0.25, 0.3) is 0 Å². The van der Waals surface area contributed by atoms with Gasteiger partial charge in [0.25, 0.3) is 0 Å². The zero-order valence-electron chi connectivity index (χ0n) is 8.76. The second-order valence-corrected chi connectivity index (χ2v) is 4.25. The Hall–Kier alpha value is -0.410. The molecule has 1 rings (SSSR count). The number of halogens is 1. The highest BCUT2D eigenvalue weighted by Crippen LogP contribution is 2.09. The first-order chi connectivity index (χ1) is 6.76. The van der Waals surface area contributed by atoms with Crippen LogP contribution in [0.3, 0.4) is 0 Å². The highest BCUT2D eigenvalue weighted by molar-refractivity contribution is 9.10. The van der Waals surface area contributed by atoms with Crippen LogP contribution < -0.4 is 5.32 Å². The third-order valence-corrected chi connectivity index (χ3v) is 2.70. The van der Waals surface area contributed by atoms with Crippen LogP contribution in [0.5, 0.6) is 0 Å². The molecule has 1 N–H and O–H groups in total. The van der Waals surface area contributed by atoms with Gasteiger partial charge < -0.3 is 5.32 Å². The molecule has 0 bridgehead atoms. The Kier molecular flexibility index (Phi) is 5.12. The summed E-state index contributed by atoms with van der Waals surface area (Å²) >= 11 is 3.38. The monoisotopic (exact) mass is 256 g/mol. The predicted octanol–water partition coefficient (Wildman–Crippen LogP) is 2.77. The summed E-state index contributed by atoms with van der Waals surface area (Å²) in [6.45, 7) is 5.36. The van der Waals surface area contributed by atoms with Gasteiger partial charge in [0.05, 0.1) is 0 Å². The van der Waals surface area contributed by atoms with Crippen molar-refractivity contribution in [2.75, 3.05) is 6.54 Å². The van der Waals surface area contributed by atoms with E-state index in [0.29, 0.717) is 6.04 Å². The Morgan fingerprint density at radius 3 is 2.71 bits per heavy atom. The molecule has 0 fully saturated rings. The first-order valence-corrected chi connectivity index (χ1v) is 5.89. The molecular weight excluding hydrogens is 240 g/mol. The molecule has 0 aliphatic carbocycles. The molecule has 0 saturated carbocycles. The van der Waals surface area contributed by atoms with Gasteiger partial charge >= 0.3 is 0 Å². The highest BCUT2D eigenvalue weighted by atomic mass is 79.9. The Labute approximate surface area is 94.3 Å². The summed E-state index contributed by atoms with van der Waals surface area (Å²) in [5.74, 6) is 0. The van der Waals surface area contributed by atoms with E-state index in [1.165, 1.54) is 0 Å². The summed E-state index contributed by atoms with van der Waals surface area (Å²) in [5, 5.41) is 3.44. The lowest BCUT2D eigenvalue weighted by molar-refractivity contribution is 0.505. The Bertz CT molecular complexity index is 258. The number of likely N-dealkylation sites (N-methyl/N-ethyl adjacent to an activating group) is 1. The minimum atomic E-state index is 0.550. The van der Waals surface area contributed by atoms with Crippen molar-refractivity contribution in [1.82, 2.24) is 10.3 Å². The van der Waals surface area contributed by atoms with Gasteiger partial charge in [-0.25, -0.2) is 0 Å². The van der Waals surface area contributed by atoms with Crippen molar-refractivity contribution in [3.63, 3.8) is 0 Å². The Morgan fingerprint density at radius 2 is 2.21 bits per heavy atom. The Morgan fingerprint density at radius 1 is 1.43 bits per heavy atom. The normalized spacial score (nSPS) is 12.8. The molecule has 0 saturated heterocycles. The molecular formula is C11H17BrN2. The van der Waals surface area contributed by atoms with Crippen molar-refractivity contribution in [2.45, 2.75) is 32.7 Å². The fourth-order valence-corrected chi connectivity index (χ4v) is 1.66. The summed E-state index contributed by atoms with van der Waals surface area (Å²) in [5.41, 5.74) is 1.15. The molecule has 1 aromatic rings. The number of hydrogen-bond acceptors (Lipinski definition) is 2. The van der Waals surface area contributed by atoms with E-state index in [1.54, 1.807) is 0 Å². The standard InChI is InChI=1S/C11H17BrN2/c1-3-10(13-4-2)7-11-6-5-9(12)8-14-11/h5-6,8,10,13H,3-4,7H2,1-2H3. The largest absolute Gasteiger partial charge is 0.314 e. The van der Waals surface area contributed by atoms with Crippen LogP contribution in [0.4, 0.5) is 0 Å². The van der Waals surface area contributed by atoms with Gasteiger partial charge in [-0.15, -0.1) is 0 Å². The van der Waals surface area contributed by atoms with Crippen LogP contribution >= 0.6 is 15.9 Å². The predicted molar refractivity (Wildman–Crippen MR) is 63.4 cm³/mol. The summed E-state index contributed by atoms with van der Waals surface area (Å²) in [6, 6.07) is 4.67. The average molecular weight is 257 g/mol. The zero-order chi connectivity index (χ0) is 10.4. The van der Waals surface area contributed by atoms with Gasteiger partial charge in [-0.2, -0.15) is 0 Å². The minimum absolute atomic E-state index is 0.550. The van der Waals surface area contributed by atoms with E-state index in [2.05, 4.69) is 46.1 Å². The second kappa shape index (κ2) is 6.14. The van der Waals surface area contributed by atoms with Crippen LogP contribution in [0.2, 0.25) is 0 Å². The van der Waals surface area contributed by atoms with Gasteiger partial charge in [0, 0.05) is 28.8 Å². The summed E-state index contributed by atoms with van der Waals surface area (Å²) in [4.78, 5) is 4.36. The number of nitrogens with one attached hydrogen (secondary N) is 1. The van der Waals surface area contributed by atoms with Crippen molar-refractivity contribution in [2.24, 2.45) is 0 Å². The van der Waals surface area contributed by atoms with E-state index in [-0.39, 0.29) is 0 Å². The summed E-state index contributed by atoms with van der Waals surface area (Å²) in [7, 11) is 0. The number of rotatable bonds is 5. The Balaban J connectivity index is 2.53. The molecule has 0 aliphatic rings. The third kappa shape index (κ3) is 3.76. The first-order valence-electron chi connectivity index (χ1n) is 5.10. The van der Waals surface area contributed by atoms with Gasteiger partial charge in [0.15, 0.2) is 0 Å². The highest BCUT2D eigenvalue weighted by Gasteiger charge is 2.05. The quantitative estimate of drug-likeness (QED) is 0.877. The van der Waals surface area contributed by atoms with Crippen LogP contribution in [-0.4, -0.2) is 17.6 Å². The van der Waals surface area contributed by atoms with E-state index >= 15 is 0 Å². The maximum atomic E-state index is 4.36. The fraction of sp³-hybridized carbons (Fsp3) is 0.545. The molecule has 1 aromatic heterocycles. The van der Waals surface area contributed by atoms with Crippen molar-refractivity contribution in [3.05, 3.63) is 28.5 Å². The second-order valence-electron chi connectivity index (χ2n) is 3.33. The molecule has 14 heavy (non-hydrogen) atoms. The fourth-order valence-electron chi connectivity index (χ4n) is 1.43. The molecule has 3 heteroatoms. The average Bonchev–Trinajstić information content (AvgIpc) is 2.20. The van der Waals surface area contributed by atoms with E-state index in [9.17, 15) is 0 Å². The van der Waals surface area contributed by atoms with Crippen LogP contribution in [0.15, 0.2) is 22.8 Å². The summed E-state index contributed by atoms with van der Waals surface area (Å²) < 4.78 is 1.04. The van der Waals surface area contributed by atoms with Crippen LogP contribution in [0.1, 0.15) is 26.0 Å². The molecule has 0 aliphatic heterocycles. The van der Waals surface area contributed by atoms with E-state index in [1.807, 2.05) is 12.3 Å². The SMILES string of the molecule is CCNC(CC)Cc1ccc(Br)cn1. The molecule has 0 aromatic carbocycles. The van der Waals surface area contributed by atoms with Crippen LogP contribution in [-0.2, 0) is 6.42 Å².